The number of carbonyl (C=O) groups is 1. The summed E-state index contributed by atoms with van der Waals surface area (Å²) in [6.07, 6.45) is 4.42. The van der Waals surface area contributed by atoms with Gasteiger partial charge in [0.2, 0.25) is 0 Å². The third kappa shape index (κ3) is 5.03. The van der Waals surface area contributed by atoms with E-state index < -0.39 is 0 Å². The molecule has 0 atom stereocenters. The van der Waals surface area contributed by atoms with E-state index in [1.807, 2.05) is 24.1 Å². The van der Waals surface area contributed by atoms with Gasteiger partial charge in [0.15, 0.2) is 0 Å². The Hall–Kier alpha value is -3.48. The van der Waals surface area contributed by atoms with E-state index in [4.69, 9.17) is 4.74 Å². The molecule has 1 N–H and O–H groups in total. The van der Waals surface area contributed by atoms with Crippen LogP contribution in [0.1, 0.15) is 21.9 Å². The lowest BCUT2D eigenvalue weighted by Gasteiger charge is -2.19. The standard InChI is InChI=1S/C21H23N5O2/c1-15-23-19(21(27)25-17-4-6-18(28-3)7-5-17)14-20(24-15)26(2)13-10-16-8-11-22-12-9-16/h4-9,11-12,14H,10,13H2,1-3H3,(H,25,27). The highest BCUT2D eigenvalue weighted by Crippen LogP contribution is 2.17. The smallest absolute Gasteiger partial charge is 0.274 e. The third-order valence-electron chi connectivity index (χ3n) is 4.28. The van der Waals surface area contributed by atoms with Crippen molar-refractivity contribution in [2.45, 2.75) is 13.3 Å². The van der Waals surface area contributed by atoms with Crippen LogP contribution in [0.15, 0.2) is 54.9 Å². The van der Waals surface area contributed by atoms with Crippen LogP contribution < -0.4 is 15.0 Å². The molecule has 0 saturated heterocycles. The van der Waals surface area contributed by atoms with Crippen LogP contribution in [0.3, 0.4) is 0 Å². The summed E-state index contributed by atoms with van der Waals surface area (Å²) in [7, 11) is 3.55. The highest BCUT2D eigenvalue weighted by atomic mass is 16.5. The molecule has 2 aromatic heterocycles. The minimum absolute atomic E-state index is 0.278. The minimum Gasteiger partial charge on any atom is -0.497 e. The molecule has 0 aliphatic rings. The summed E-state index contributed by atoms with van der Waals surface area (Å²) in [5, 5.41) is 2.85. The fourth-order valence-electron chi connectivity index (χ4n) is 2.69. The highest BCUT2D eigenvalue weighted by Gasteiger charge is 2.13. The highest BCUT2D eigenvalue weighted by molar-refractivity contribution is 6.03. The number of methoxy groups -OCH3 is 1. The summed E-state index contributed by atoms with van der Waals surface area (Å²) < 4.78 is 5.13. The lowest BCUT2D eigenvalue weighted by molar-refractivity contribution is 0.102. The molecule has 0 radical (unpaired) electrons. The van der Waals surface area contributed by atoms with Gasteiger partial charge < -0.3 is 15.0 Å². The first-order valence-corrected chi connectivity index (χ1v) is 8.96. The van der Waals surface area contributed by atoms with E-state index in [1.54, 1.807) is 56.8 Å². The Kier molecular flexibility index (Phi) is 6.16. The van der Waals surface area contributed by atoms with Crippen LogP contribution in [0, 0.1) is 6.92 Å². The van der Waals surface area contributed by atoms with Gasteiger partial charge in [-0.3, -0.25) is 9.78 Å². The first-order valence-electron chi connectivity index (χ1n) is 8.96. The van der Waals surface area contributed by atoms with Crippen molar-refractivity contribution in [3.05, 3.63) is 71.9 Å². The Bertz CT molecular complexity index is 929. The van der Waals surface area contributed by atoms with Gasteiger partial charge in [0.25, 0.3) is 5.91 Å². The molecule has 0 unspecified atom stereocenters. The van der Waals surface area contributed by atoms with Crippen LogP contribution >= 0.6 is 0 Å². The summed E-state index contributed by atoms with van der Waals surface area (Å²) in [6.45, 7) is 2.55. The summed E-state index contributed by atoms with van der Waals surface area (Å²) in [5.74, 6) is 1.71. The lowest BCUT2D eigenvalue weighted by atomic mass is 10.2. The molecule has 0 aliphatic carbocycles. The van der Waals surface area contributed by atoms with Gasteiger partial charge >= 0.3 is 0 Å². The summed E-state index contributed by atoms with van der Waals surface area (Å²) in [4.78, 5) is 27.4. The monoisotopic (exact) mass is 377 g/mol. The number of carbonyl (C=O) groups excluding carboxylic acids is 1. The summed E-state index contributed by atoms with van der Waals surface area (Å²) in [6, 6.07) is 12.8. The van der Waals surface area contributed by atoms with Crippen molar-refractivity contribution in [2.75, 3.05) is 30.9 Å². The number of hydrogen-bond donors (Lipinski definition) is 1. The van der Waals surface area contributed by atoms with Crippen molar-refractivity contribution in [3.63, 3.8) is 0 Å². The van der Waals surface area contributed by atoms with Crippen LogP contribution in [0.5, 0.6) is 5.75 Å². The molecule has 1 aromatic carbocycles. The zero-order valence-electron chi connectivity index (χ0n) is 16.2. The van der Waals surface area contributed by atoms with Crippen molar-refractivity contribution in [1.82, 2.24) is 15.0 Å². The van der Waals surface area contributed by atoms with Crippen LogP contribution in [-0.2, 0) is 6.42 Å². The molecule has 2 heterocycles. The number of nitrogens with one attached hydrogen (secondary N) is 1. The maximum absolute atomic E-state index is 12.6. The average molecular weight is 377 g/mol. The first kappa shape index (κ1) is 19.3. The summed E-state index contributed by atoms with van der Waals surface area (Å²) in [5.41, 5.74) is 2.20. The molecule has 3 aromatic rings. The van der Waals surface area contributed by atoms with Crippen molar-refractivity contribution in [2.24, 2.45) is 0 Å². The van der Waals surface area contributed by atoms with E-state index in [2.05, 4.69) is 20.3 Å². The number of amides is 1. The largest absolute Gasteiger partial charge is 0.497 e. The van der Waals surface area contributed by atoms with Crippen molar-refractivity contribution in [3.8, 4) is 5.75 Å². The number of aromatic nitrogens is 3. The fraction of sp³-hybridized carbons (Fsp3) is 0.238. The van der Waals surface area contributed by atoms with Crippen molar-refractivity contribution >= 4 is 17.4 Å². The van der Waals surface area contributed by atoms with Crippen LogP contribution in [0.4, 0.5) is 11.5 Å². The second-order valence-corrected chi connectivity index (χ2v) is 6.37. The number of aryl methyl sites for hydroxylation is 1. The molecule has 0 saturated carbocycles. The van der Waals surface area contributed by atoms with Gasteiger partial charge in [-0.2, -0.15) is 0 Å². The normalized spacial score (nSPS) is 10.4. The molecule has 7 heteroatoms. The number of anilines is 2. The molecule has 0 spiro atoms. The molecule has 1 amide bonds. The summed E-state index contributed by atoms with van der Waals surface area (Å²) >= 11 is 0. The molecule has 28 heavy (non-hydrogen) atoms. The molecular weight excluding hydrogens is 354 g/mol. The van der Waals surface area contributed by atoms with Gasteiger partial charge in [0.05, 0.1) is 7.11 Å². The van der Waals surface area contributed by atoms with Crippen LogP contribution in [0.25, 0.3) is 0 Å². The first-order chi connectivity index (χ1) is 13.5. The van der Waals surface area contributed by atoms with Gasteiger partial charge in [0.1, 0.15) is 23.1 Å². The quantitative estimate of drug-likeness (QED) is 0.681. The molecule has 0 aliphatic heterocycles. The Balaban J connectivity index is 1.69. The van der Waals surface area contributed by atoms with E-state index in [0.717, 1.165) is 18.7 Å². The van der Waals surface area contributed by atoms with Gasteiger partial charge in [-0.25, -0.2) is 9.97 Å². The zero-order chi connectivity index (χ0) is 19.9. The van der Waals surface area contributed by atoms with Crippen molar-refractivity contribution in [1.29, 1.82) is 0 Å². The van der Waals surface area contributed by atoms with Gasteiger partial charge in [0, 0.05) is 37.7 Å². The van der Waals surface area contributed by atoms with E-state index in [1.165, 1.54) is 5.56 Å². The fourth-order valence-corrected chi connectivity index (χ4v) is 2.69. The zero-order valence-corrected chi connectivity index (χ0v) is 16.2. The van der Waals surface area contributed by atoms with Gasteiger partial charge in [-0.1, -0.05) is 0 Å². The maximum Gasteiger partial charge on any atom is 0.274 e. The molecule has 144 valence electrons. The number of hydrogen-bond acceptors (Lipinski definition) is 6. The third-order valence-corrected chi connectivity index (χ3v) is 4.28. The molecule has 0 fully saturated rings. The predicted molar refractivity (Wildman–Crippen MR) is 109 cm³/mol. The average Bonchev–Trinajstić information content (AvgIpc) is 2.72. The Labute approximate surface area is 164 Å². The van der Waals surface area contributed by atoms with E-state index in [0.29, 0.717) is 23.0 Å². The maximum atomic E-state index is 12.6. The lowest BCUT2D eigenvalue weighted by Crippen LogP contribution is -2.23. The molecule has 3 rings (SSSR count). The molecular formula is C21H23N5O2. The molecule has 0 bridgehead atoms. The van der Waals surface area contributed by atoms with Gasteiger partial charge in [-0.05, 0) is 55.3 Å². The van der Waals surface area contributed by atoms with Crippen LogP contribution in [-0.4, -0.2) is 41.6 Å². The van der Waals surface area contributed by atoms with Gasteiger partial charge in [-0.15, -0.1) is 0 Å². The Morgan fingerprint density at radius 3 is 2.50 bits per heavy atom. The number of ether oxygens (including phenoxy) is 1. The minimum atomic E-state index is -0.278. The SMILES string of the molecule is COc1ccc(NC(=O)c2cc(N(C)CCc3ccncc3)nc(C)n2)cc1. The van der Waals surface area contributed by atoms with E-state index in [-0.39, 0.29) is 5.91 Å². The Morgan fingerprint density at radius 1 is 1.11 bits per heavy atom. The number of pyridine rings is 1. The predicted octanol–water partition coefficient (Wildman–Crippen LogP) is 3.12. The number of nitrogens with zero attached hydrogens (tertiary/aromatic N) is 4. The van der Waals surface area contributed by atoms with Crippen LogP contribution in [0.2, 0.25) is 0 Å². The second-order valence-electron chi connectivity index (χ2n) is 6.37. The van der Waals surface area contributed by atoms with E-state index >= 15 is 0 Å². The topological polar surface area (TPSA) is 80.2 Å². The van der Waals surface area contributed by atoms with E-state index in [9.17, 15) is 4.79 Å². The van der Waals surface area contributed by atoms with Crippen molar-refractivity contribution < 1.29 is 9.53 Å². The number of likely N-dealkylation sites (N-methyl/N-ethyl adjacent to an activating group) is 1. The number of benzene rings is 1. The second kappa shape index (κ2) is 8.94. The molecule has 7 nitrogen and oxygen atoms in total. The number of rotatable bonds is 7. The Morgan fingerprint density at radius 2 is 1.82 bits per heavy atom.